The molecule has 5 nitrogen and oxygen atoms in total. The van der Waals surface area contributed by atoms with E-state index in [1.807, 2.05) is 23.5 Å². The van der Waals surface area contributed by atoms with Gasteiger partial charge in [0.1, 0.15) is 0 Å². The first-order valence-electron chi connectivity index (χ1n) is 13.2. The molecule has 0 radical (unpaired) electrons. The number of thioether (sulfide) groups is 2. The smallest absolute Gasteiger partial charge is 0.261 e. The third-order valence-corrected chi connectivity index (χ3v) is 8.14. The maximum Gasteiger partial charge on any atom is 0.261 e. The largest absolute Gasteiger partial charge is 0.316 e. The van der Waals surface area contributed by atoms with Crippen molar-refractivity contribution in [2.75, 3.05) is 44.9 Å². The van der Waals surface area contributed by atoms with Crippen LogP contribution in [0.3, 0.4) is 0 Å². The molecular weight excluding hydrogens is 545 g/mol. The Morgan fingerprint density at radius 1 is 0.641 bits per heavy atom. The minimum Gasteiger partial charge on any atom is -0.316 e. The van der Waals surface area contributed by atoms with Crippen molar-refractivity contribution in [2.45, 2.75) is 35.5 Å². The van der Waals surface area contributed by atoms with Crippen molar-refractivity contribution in [3.8, 4) is 0 Å². The van der Waals surface area contributed by atoms with E-state index in [2.05, 4.69) is 95.9 Å². The van der Waals surface area contributed by atoms with Gasteiger partial charge >= 0.3 is 0 Å². The standard InChI is InChI=1S/C30H36N2S2.CH4O3S/c1-33-29-15-13-23-9-3-5-11-25(23)27(29)17-21-31-19-7-8-20-32-22-18-28-26-12-6-4-10-24(26)14-16-30(28)34-2;1-5(2,3)4/h3-6,9-16,31-32H,7-8,17-22H2,1-2H3;1H3,(H,2,3,4). The fraction of sp³-hybridized carbons (Fsp3) is 0.355. The molecule has 0 heterocycles. The quantitative estimate of drug-likeness (QED) is 0.0919. The Hall–Kier alpha value is -2.07. The minimum absolute atomic E-state index is 0.715. The highest BCUT2D eigenvalue weighted by Crippen LogP contribution is 2.29. The summed E-state index contributed by atoms with van der Waals surface area (Å²) < 4.78 is 25.9. The number of rotatable bonds is 13. The summed E-state index contributed by atoms with van der Waals surface area (Å²) in [6.45, 7) is 4.24. The lowest BCUT2D eigenvalue weighted by atomic mass is 10.0. The molecule has 0 atom stereocenters. The first-order chi connectivity index (χ1) is 18.8. The molecule has 0 aliphatic rings. The molecule has 0 spiro atoms. The van der Waals surface area contributed by atoms with Crippen LogP contribution in [-0.2, 0) is 23.0 Å². The Bertz CT molecular complexity index is 1340. The van der Waals surface area contributed by atoms with Crippen LogP contribution in [0.2, 0.25) is 0 Å². The zero-order valence-electron chi connectivity index (χ0n) is 23.1. The first kappa shape index (κ1) is 31.5. The van der Waals surface area contributed by atoms with Gasteiger partial charge in [-0.3, -0.25) is 4.55 Å². The molecule has 0 bridgehead atoms. The number of nitrogens with one attached hydrogen (secondary N) is 2. The lowest BCUT2D eigenvalue weighted by molar-refractivity contribution is 0.490. The number of unbranched alkanes of at least 4 members (excludes halogenated alkanes) is 1. The predicted molar refractivity (Wildman–Crippen MR) is 171 cm³/mol. The predicted octanol–water partition coefficient (Wildman–Crippen LogP) is 6.69. The van der Waals surface area contributed by atoms with Crippen molar-refractivity contribution in [3.05, 3.63) is 83.9 Å². The summed E-state index contributed by atoms with van der Waals surface area (Å²) in [6.07, 6.45) is 9.65. The normalized spacial score (nSPS) is 11.5. The summed E-state index contributed by atoms with van der Waals surface area (Å²) in [5.74, 6) is 0. The number of fused-ring (bicyclic) bond motifs is 2. The highest BCUT2D eigenvalue weighted by Gasteiger charge is 2.08. The van der Waals surface area contributed by atoms with E-state index in [9.17, 15) is 8.42 Å². The van der Waals surface area contributed by atoms with Gasteiger partial charge in [-0.25, -0.2) is 0 Å². The monoisotopic (exact) mass is 584 g/mol. The molecule has 4 aromatic carbocycles. The van der Waals surface area contributed by atoms with Gasteiger partial charge in [0, 0.05) is 9.79 Å². The van der Waals surface area contributed by atoms with Crippen LogP contribution in [0.15, 0.2) is 82.6 Å². The highest BCUT2D eigenvalue weighted by atomic mass is 32.2. The molecule has 4 aromatic rings. The Labute approximate surface area is 242 Å². The zero-order valence-corrected chi connectivity index (χ0v) is 25.5. The van der Waals surface area contributed by atoms with E-state index in [1.54, 1.807) is 0 Å². The Morgan fingerprint density at radius 3 is 1.41 bits per heavy atom. The Morgan fingerprint density at radius 2 is 1.03 bits per heavy atom. The lowest BCUT2D eigenvalue weighted by Crippen LogP contribution is -2.22. The lowest BCUT2D eigenvalue weighted by Gasteiger charge is -2.13. The maximum atomic E-state index is 9.19. The van der Waals surface area contributed by atoms with Crippen molar-refractivity contribution >= 4 is 55.2 Å². The summed E-state index contributed by atoms with van der Waals surface area (Å²) in [4.78, 5) is 2.81. The summed E-state index contributed by atoms with van der Waals surface area (Å²) >= 11 is 3.71. The van der Waals surface area contributed by atoms with E-state index >= 15 is 0 Å². The molecule has 0 aromatic heterocycles. The van der Waals surface area contributed by atoms with Crippen LogP contribution < -0.4 is 10.6 Å². The molecule has 0 unspecified atom stereocenters. The molecule has 0 aliphatic carbocycles. The van der Waals surface area contributed by atoms with Gasteiger partial charge in [0.2, 0.25) is 0 Å². The minimum atomic E-state index is -3.67. The molecule has 4 rings (SSSR count). The van der Waals surface area contributed by atoms with Gasteiger partial charge in [-0.2, -0.15) is 8.42 Å². The molecule has 8 heteroatoms. The number of benzene rings is 4. The first-order valence-corrected chi connectivity index (χ1v) is 17.5. The molecule has 0 amide bonds. The Balaban J connectivity index is 0.000000771. The van der Waals surface area contributed by atoms with Crippen LogP contribution in [0.25, 0.3) is 21.5 Å². The van der Waals surface area contributed by atoms with E-state index in [4.69, 9.17) is 4.55 Å². The molecule has 0 fully saturated rings. The second-order valence-corrected chi connectivity index (χ2v) is 12.5. The fourth-order valence-electron chi connectivity index (χ4n) is 4.71. The van der Waals surface area contributed by atoms with Crippen LogP contribution >= 0.6 is 23.5 Å². The summed E-state index contributed by atoms with van der Waals surface area (Å²) in [6, 6.07) is 26.5. The van der Waals surface area contributed by atoms with Crippen molar-refractivity contribution in [1.82, 2.24) is 10.6 Å². The molecule has 0 saturated carbocycles. The van der Waals surface area contributed by atoms with E-state index < -0.39 is 10.1 Å². The van der Waals surface area contributed by atoms with Gasteiger partial charge in [-0.1, -0.05) is 60.7 Å². The summed E-state index contributed by atoms with van der Waals surface area (Å²) in [5, 5.41) is 12.8. The third kappa shape index (κ3) is 10.4. The van der Waals surface area contributed by atoms with E-state index in [-0.39, 0.29) is 0 Å². The Kier molecular flexibility index (Phi) is 13.1. The second kappa shape index (κ2) is 16.3. The molecule has 39 heavy (non-hydrogen) atoms. The average molecular weight is 585 g/mol. The average Bonchev–Trinajstić information content (AvgIpc) is 2.93. The molecule has 0 aliphatic heterocycles. The maximum absolute atomic E-state index is 9.19. The van der Waals surface area contributed by atoms with Crippen LogP contribution in [0, 0.1) is 0 Å². The van der Waals surface area contributed by atoms with Gasteiger partial charge in [0.05, 0.1) is 6.26 Å². The molecule has 0 saturated heterocycles. The molecule has 210 valence electrons. The van der Waals surface area contributed by atoms with E-state index in [0.717, 1.165) is 39.0 Å². The van der Waals surface area contributed by atoms with Crippen LogP contribution in [0.4, 0.5) is 0 Å². The van der Waals surface area contributed by atoms with Crippen molar-refractivity contribution in [3.63, 3.8) is 0 Å². The van der Waals surface area contributed by atoms with Crippen molar-refractivity contribution in [2.24, 2.45) is 0 Å². The van der Waals surface area contributed by atoms with Gasteiger partial charge in [0.25, 0.3) is 10.1 Å². The fourth-order valence-corrected chi connectivity index (χ4v) is 6.03. The highest BCUT2D eigenvalue weighted by molar-refractivity contribution is 7.98. The van der Waals surface area contributed by atoms with Gasteiger partial charge < -0.3 is 10.6 Å². The van der Waals surface area contributed by atoms with Gasteiger partial charge in [-0.05, 0) is 109 Å². The second-order valence-electron chi connectivity index (χ2n) is 9.38. The van der Waals surface area contributed by atoms with Crippen molar-refractivity contribution in [1.29, 1.82) is 0 Å². The van der Waals surface area contributed by atoms with Gasteiger partial charge in [-0.15, -0.1) is 23.5 Å². The third-order valence-electron chi connectivity index (χ3n) is 6.50. The van der Waals surface area contributed by atoms with Crippen LogP contribution in [0.1, 0.15) is 24.0 Å². The number of hydrogen-bond acceptors (Lipinski definition) is 6. The van der Waals surface area contributed by atoms with Gasteiger partial charge in [0.15, 0.2) is 0 Å². The number of hydrogen-bond donors (Lipinski definition) is 3. The van der Waals surface area contributed by atoms with Crippen LogP contribution in [-0.4, -0.2) is 57.9 Å². The van der Waals surface area contributed by atoms with Crippen molar-refractivity contribution < 1.29 is 13.0 Å². The van der Waals surface area contributed by atoms with E-state index in [1.165, 1.54) is 55.3 Å². The topological polar surface area (TPSA) is 78.4 Å². The zero-order chi connectivity index (χ0) is 28.1. The van der Waals surface area contributed by atoms with E-state index in [0.29, 0.717) is 6.26 Å². The van der Waals surface area contributed by atoms with Crippen LogP contribution in [0.5, 0.6) is 0 Å². The molecule has 3 N–H and O–H groups in total. The summed E-state index contributed by atoms with van der Waals surface area (Å²) in [5.41, 5.74) is 2.97. The summed E-state index contributed by atoms with van der Waals surface area (Å²) in [7, 11) is -3.67. The SMILES string of the molecule is CS(=O)(=O)O.CSc1ccc2ccccc2c1CCNCCCCNCCc1c(SC)ccc2ccccc12. The molecular formula is C31H40N2O3S3.